The van der Waals surface area contributed by atoms with E-state index in [2.05, 4.69) is 0 Å². The zero-order valence-corrected chi connectivity index (χ0v) is 32.6. The molecule has 0 unspecified atom stereocenters. The number of carbonyl (C=O) groups is 4. The number of esters is 2. The summed E-state index contributed by atoms with van der Waals surface area (Å²) in [6.45, 7) is 3.35. The summed E-state index contributed by atoms with van der Waals surface area (Å²) in [5, 5.41) is 0. The van der Waals surface area contributed by atoms with Crippen molar-refractivity contribution in [3.63, 3.8) is 0 Å². The number of ketones is 2. The SMILES string of the molecule is CCC(=O)Oc1cccc(C(=O)CCc2ccc(OP(=O)([O-])Oc3ccc(CCC(=O)c4cccc(OC(=O)CC)c4)cc3OC)c(OC)c2)c1.[Na+]. The van der Waals surface area contributed by atoms with Crippen LogP contribution in [0.5, 0.6) is 34.5 Å². The smallest absolute Gasteiger partial charge is 0.736 e. The maximum atomic E-state index is 13.0. The molecule has 4 rings (SSSR count). The van der Waals surface area contributed by atoms with E-state index in [-0.39, 0.29) is 101 Å². The van der Waals surface area contributed by atoms with Gasteiger partial charge in [-0.2, -0.15) is 0 Å². The number of methoxy groups -OCH3 is 2. The minimum atomic E-state index is -5.01. The maximum absolute atomic E-state index is 13.0. The molecule has 0 aliphatic heterocycles. The molecule has 0 heterocycles. The molecular weight excluding hydrogens is 702 g/mol. The molecular formula is C38H38NaO12P. The molecule has 14 heteroatoms. The third kappa shape index (κ3) is 12.4. The molecule has 12 nitrogen and oxygen atoms in total. The number of phosphoric acid groups is 1. The van der Waals surface area contributed by atoms with E-state index in [1.165, 1.54) is 38.5 Å². The molecule has 0 aliphatic rings. The summed E-state index contributed by atoms with van der Waals surface area (Å²) >= 11 is 0. The van der Waals surface area contributed by atoms with Crippen LogP contribution in [0.15, 0.2) is 84.9 Å². The minimum absolute atomic E-state index is 0. The van der Waals surface area contributed by atoms with E-state index in [1.54, 1.807) is 74.5 Å². The zero-order valence-electron chi connectivity index (χ0n) is 29.7. The molecule has 0 aromatic heterocycles. The van der Waals surface area contributed by atoms with Crippen molar-refractivity contribution in [3.05, 3.63) is 107 Å². The molecule has 0 fully saturated rings. The number of Topliss-reactive ketones (excluding diaryl/α,β-unsaturated/α-hetero) is 2. The van der Waals surface area contributed by atoms with Crippen LogP contribution in [-0.2, 0) is 27.0 Å². The van der Waals surface area contributed by atoms with Crippen molar-refractivity contribution in [2.45, 2.75) is 52.4 Å². The summed E-state index contributed by atoms with van der Waals surface area (Å²) < 4.78 is 44.5. The third-order valence-corrected chi connectivity index (χ3v) is 8.35. The van der Waals surface area contributed by atoms with E-state index in [0.29, 0.717) is 35.1 Å². The van der Waals surface area contributed by atoms with Crippen molar-refractivity contribution in [1.82, 2.24) is 0 Å². The summed E-state index contributed by atoms with van der Waals surface area (Å²) in [6, 6.07) is 21.9. The molecule has 0 aliphatic carbocycles. The van der Waals surface area contributed by atoms with E-state index < -0.39 is 19.8 Å². The van der Waals surface area contributed by atoms with Gasteiger partial charge in [-0.3, -0.25) is 19.2 Å². The van der Waals surface area contributed by atoms with E-state index in [0.717, 1.165) is 0 Å². The van der Waals surface area contributed by atoms with Crippen molar-refractivity contribution in [2.24, 2.45) is 0 Å². The van der Waals surface area contributed by atoms with Crippen LogP contribution in [0.4, 0.5) is 0 Å². The first-order valence-electron chi connectivity index (χ1n) is 16.2. The van der Waals surface area contributed by atoms with Crippen LogP contribution in [0.3, 0.4) is 0 Å². The number of phosphoric ester groups is 1. The van der Waals surface area contributed by atoms with Crippen molar-refractivity contribution >= 4 is 31.3 Å². The summed E-state index contributed by atoms with van der Waals surface area (Å²) in [7, 11) is -2.32. The second-order valence-electron chi connectivity index (χ2n) is 11.2. The largest absolute Gasteiger partial charge is 1.00 e. The topological polar surface area (TPSA) is 164 Å². The number of aryl methyl sites for hydroxylation is 2. The van der Waals surface area contributed by atoms with E-state index >= 15 is 0 Å². The Morgan fingerprint density at radius 2 is 1.00 bits per heavy atom. The second kappa shape index (κ2) is 20.0. The predicted molar refractivity (Wildman–Crippen MR) is 185 cm³/mol. The first-order valence-corrected chi connectivity index (χ1v) is 17.6. The summed E-state index contributed by atoms with van der Waals surface area (Å²) in [4.78, 5) is 61.8. The van der Waals surface area contributed by atoms with Gasteiger partial charge in [0.15, 0.2) is 34.6 Å². The van der Waals surface area contributed by atoms with Crippen LogP contribution in [0, 0.1) is 0 Å². The van der Waals surface area contributed by atoms with Crippen molar-refractivity contribution in [3.8, 4) is 34.5 Å². The van der Waals surface area contributed by atoms with Crippen LogP contribution in [-0.4, -0.2) is 37.7 Å². The van der Waals surface area contributed by atoms with Gasteiger partial charge in [0.05, 0.1) is 14.2 Å². The van der Waals surface area contributed by atoms with Crippen molar-refractivity contribution in [1.29, 1.82) is 0 Å². The van der Waals surface area contributed by atoms with Gasteiger partial charge in [0.1, 0.15) is 11.5 Å². The van der Waals surface area contributed by atoms with Crippen molar-refractivity contribution in [2.75, 3.05) is 14.2 Å². The molecule has 0 radical (unpaired) electrons. The molecule has 0 amide bonds. The van der Waals surface area contributed by atoms with Gasteiger partial charge < -0.3 is 32.9 Å². The molecule has 0 saturated heterocycles. The number of hydrogen-bond donors (Lipinski definition) is 0. The number of rotatable bonds is 18. The zero-order chi connectivity index (χ0) is 37.0. The van der Waals surface area contributed by atoms with Gasteiger partial charge >= 0.3 is 49.3 Å². The van der Waals surface area contributed by atoms with Gasteiger partial charge in [-0.15, -0.1) is 0 Å². The van der Waals surface area contributed by atoms with Gasteiger partial charge in [0.2, 0.25) is 0 Å². The van der Waals surface area contributed by atoms with Crippen LogP contribution in [0.1, 0.15) is 71.4 Å². The van der Waals surface area contributed by atoms with E-state index in [9.17, 15) is 28.6 Å². The van der Waals surface area contributed by atoms with Gasteiger partial charge in [0.25, 0.3) is 0 Å². The monoisotopic (exact) mass is 740 g/mol. The maximum Gasteiger partial charge on any atom is 1.00 e. The van der Waals surface area contributed by atoms with Gasteiger partial charge in [-0.1, -0.05) is 50.2 Å². The molecule has 0 saturated carbocycles. The quantitative estimate of drug-likeness (QED) is 0.0476. The van der Waals surface area contributed by atoms with Crippen molar-refractivity contribution < 1.29 is 86.2 Å². The Hall–Kier alpha value is -4.45. The van der Waals surface area contributed by atoms with Crippen LogP contribution in [0.2, 0.25) is 0 Å². The molecule has 0 spiro atoms. The molecule has 0 atom stereocenters. The minimum Gasteiger partial charge on any atom is -0.736 e. The second-order valence-corrected chi connectivity index (χ2v) is 12.4. The third-order valence-electron chi connectivity index (χ3n) is 7.51. The van der Waals surface area contributed by atoms with Crippen LogP contribution >= 0.6 is 7.82 Å². The molecule has 4 aromatic carbocycles. The Bertz CT molecular complexity index is 1810. The Morgan fingerprint density at radius 3 is 1.37 bits per heavy atom. The van der Waals surface area contributed by atoms with E-state index in [1.807, 2.05) is 0 Å². The average molecular weight is 741 g/mol. The molecule has 268 valence electrons. The number of carbonyl (C=O) groups excluding carboxylic acids is 4. The summed E-state index contributed by atoms with van der Waals surface area (Å²) in [5.41, 5.74) is 2.16. The number of hydrogen-bond acceptors (Lipinski definition) is 12. The van der Waals surface area contributed by atoms with Gasteiger partial charge in [0, 0.05) is 36.8 Å². The molecule has 0 N–H and O–H groups in total. The molecule has 52 heavy (non-hydrogen) atoms. The van der Waals surface area contributed by atoms with E-state index in [4.69, 9.17) is 28.0 Å². The van der Waals surface area contributed by atoms with Gasteiger partial charge in [-0.05, 0) is 72.5 Å². The summed E-state index contributed by atoms with van der Waals surface area (Å²) in [5.74, 6) is -0.615. The molecule has 4 aromatic rings. The van der Waals surface area contributed by atoms with Gasteiger partial charge in [-0.25, -0.2) is 4.57 Å². The fourth-order valence-electron chi connectivity index (χ4n) is 4.82. The number of benzene rings is 4. The number of ether oxygens (including phenoxy) is 4. The molecule has 0 bridgehead atoms. The Balaban J connectivity index is 0.00000729. The first-order chi connectivity index (χ1) is 24.4. The Kier molecular flexibility index (Phi) is 16.1. The fraction of sp³-hybridized carbons (Fsp3) is 0.263. The Labute approximate surface area is 324 Å². The normalized spacial score (nSPS) is 10.7. The average Bonchev–Trinajstić information content (AvgIpc) is 3.13. The van der Waals surface area contributed by atoms with Crippen LogP contribution in [0.25, 0.3) is 0 Å². The predicted octanol–water partition coefficient (Wildman–Crippen LogP) is 3.90. The Morgan fingerprint density at radius 1 is 0.596 bits per heavy atom. The first kappa shape index (κ1) is 42.0. The van der Waals surface area contributed by atoms with Crippen LogP contribution < -0.4 is 62.4 Å². The summed E-state index contributed by atoms with van der Waals surface area (Å²) in [6.07, 6.45) is 1.31. The standard InChI is InChI=1S/C38H39O12P.Na/c1-5-37(41)47-29-11-7-9-27(23-29)31(39)17-13-25-15-19-33(35(21-25)45-3)49-51(43,44)50-34-20-16-26(22-36(34)46-4)14-18-32(40)28-10-8-12-30(24-28)48-38(42)6-2;/h7-12,15-16,19-24H,5-6,13-14,17-18H2,1-4H3,(H,43,44);/q;+1/p-1. The fourth-order valence-corrected chi connectivity index (χ4v) is 5.64.